The Morgan fingerprint density at radius 3 is 2.47 bits per heavy atom. The molecule has 4 nitrogen and oxygen atoms in total. The number of carbonyl (C=O) groups excluding carboxylic acids is 1. The van der Waals surface area contributed by atoms with Crippen LogP contribution in [0.25, 0.3) is 0 Å². The summed E-state index contributed by atoms with van der Waals surface area (Å²) in [7, 11) is -1.89. The lowest BCUT2D eigenvalue weighted by atomic mass is 10.1. The van der Waals surface area contributed by atoms with Crippen LogP contribution in [0.3, 0.4) is 0 Å². The van der Waals surface area contributed by atoms with Crippen LogP contribution < -0.4 is 5.32 Å². The van der Waals surface area contributed by atoms with Gasteiger partial charge in [0.15, 0.2) is 8.32 Å². The fourth-order valence-corrected chi connectivity index (χ4v) is 3.07. The van der Waals surface area contributed by atoms with Crippen LogP contribution >= 0.6 is 0 Å². The summed E-state index contributed by atoms with van der Waals surface area (Å²) < 4.78 is 6.16. The Labute approximate surface area is 105 Å². The largest absolute Gasteiger partial charge is 0.409 e. The van der Waals surface area contributed by atoms with Crippen molar-refractivity contribution in [1.82, 2.24) is 5.32 Å². The standard InChI is InChI=1S/C12H25NO3Si/c1-12(2,3)17(4,5)16-10(8-14)9-6-7-11(15)13-9/h9-10,14H,6-8H2,1-5H3,(H,13,15)/t9-,10-/m1/s1. The Morgan fingerprint density at radius 1 is 1.53 bits per heavy atom. The molecule has 1 saturated heterocycles. The Kier molecular flexibility index (Phi) is 4.38. The van der Waals surface area contributed by atoms with Gasteiger partial charge in [0.1, 0.15) is 0 Å². The second kappa shape index (κ2) is 5.08. The van der Waals surface area contributed by atoms with Gasteiger partial charge in [0.2, 0.25) is 5.91 Å². The van der Waals surface area contributed by atoms with E-state index in [4.69, 9.17) is 4.43 Å². The molecule has 1 aliphatic heterocycles. The highest BCUT2D eigenvalue weighted by Crippen LogP contribution is 2.37. The molecule has 17 heavy (non-hydrogen) atoms. The third kappa shape index (κ3) is 3.53. The van der Waals surface area contributed by atoms with Crippen molar-refractivity contribution in [3.63, 3.8) is 0 Å². The van der Waals surface area contributed by atoms with Crippen LogP contribution in [0, 0.1) is 0 Å². The molecule has 0 radical (unpaired) electrons. The smallest absolute Gasteiger partial charge is 0.220 e. The van der Waals surface area contributed by atoms with Gasteiger partial charge < -0.3 is 14.8 Å². The van der Waals surface area contributed by atoms with Crippen LogP contribution in [0.2, 0.25) is 18.1 Å². The van der Waals surface area contributed by atoms with Crippen molar-refractivity contribution in [3.05, 3.63) is 0 Å². The molecule has 1 rings (SSSR count). The molecule has 100 valence electrons. The number of hydrogen-bond donors (Lipinski definition) is 2. The fraction of sp³-hybridized carbons (Fsp3) is 0.917. The summed E-state index contributed by atoms with van der Waals surface area (Å²) in [6.45, 7) is 10.8. The van der Waals surface area contributed by atoms with Crippen LogP contribution in [0.5, 0.6) is 0 Å². The number of carbonyl (C=O) groups is 1. The van der Waals surface area contributed by atoms with E-state index in [0.29, 0.717) is 6.42 Å². The zero-order valence-electron chi connectivity index (χ0n) is 11.5. The van der Waals surface area contributed by atoms with Crippen molar-refractivity contribution in [2.75, 3.05) is 6.61 Å². The molecule has 1 fully saturated rings. The summed E-state index contributed by atoms with van der Waals surface area (Å²) in [6.07, 6.45) is 1.04. The quantitative estimate of drug-likeness (QED) is 0.755. The minimum atomic E-state index is -1.89. The first-order valence-electron chi connectivity index (χ1n) is 6.25. The van der Waals surface area contributed by atoms with E-state index in [9.17, 15) is 9.90 Å². The lowest BCUT2D eigenvalue weighted by Crippen LogP contribution is -2.50. The first kappa shape index (κ1) is 14.7. The predicted octanol–water partition coefficient (Wildman–Crippen LogP) is 1.65. The SMILES string of the molecule is CC(C)(C)[Si](C)(C)O[C@H](CO)[C@H]1CCC(=O)N1. The highest BCUT2D eigenvalue weighted by atomic mass is 28.4. The summed E-state index contributed by atoms with van der Waals surface area (Å²) in [5.74, 6) is 0.0623. The summed E-state index contributed by atoms with van der Waals surface area (Å²) in [6, 6.07) is -0.0263. The summed E-state index contributed by atoms with van der Waals surface area (Å²) in [5.41, 5.74) is 0. The van der Waals surface area contributed by atoms with Crippen molar-refractivity contribution in [1.29, 1.82) is 0 Å². The average Bonchev–Trinajstić information content (AvgIpc) is 2.59. The van der Waals surface area contributed by atoms with Crippen LogP contribution in [0.4, 0.5) is 0 Å². The molecule has 0 bridgehead atoms. The van der Waals surface area contributed by atoms with Gasteiger partial charge in [-0.05, 0) is 24.6 Å². The number of hydrogen-bond acceptors (Lipinski definition) is 3. The summed E-state index contributed by atoms with van der Waals surface area (Å²) in [4.78, 5) is 11.2. The van der Waals surface area contributed by atoms with E-state index in [1.807, 2.05) is 0 Å². The molecule has 0 aliphatic carbocycles. The molecule has 2 N–H and O–H groups in total. The predicted molar refractivity (Wildman–Crippen MR) is 70.3 cm³/mol. The third-order valence-electron chi connectivity index (χ3n) is 3.91. The monoisotopic (exact) mass is 259 g/mol. The van der Waals surface area contributed by atoms with Crippen molar-refractivity contribution < 1.29 is 14.3 Å². The van der Waals surface area contributed by atoms with E-state index in [1.165, 1.54) is 0 Å². The molecular weight excluding hydrogens is 234 g/mol. The molecule has 0 aromatic carbocycles. The molecule has 1 heterocycles. The minimum Gasteiger partial charge on any atom is -0.409 e. The molecule has 2 atom stereocenters. The van der Waals surface area contributed by atoms with Crippen molar-refractivity contribution >= 4 is 14.2 Å². The minimum absolute atomic E-state index is 0.0263. The van der Waals surface area contributed by atoms with Gasteiger partial charge in [-0.15, -0.1) is 0 Å². The molecule has 0 aromatic heterocycles. The first-order valence-corrected chi connectivity index (χ1v) is 9.16. The van der Waals surface area contributed by atoms with Gasteiger partial charge in [-0.2, -0.15) is 0 Å². The molecule has 1 aliphatic rings. The van der Waals surface area contributed by atoms with Crippen molar-refractivity contribution in [3.8, 4) is 0 Å². The van der Waals surface area contributed by atoms with E-state index in [1.54, 1.807) is 0 Å². The maximum Gasteiger partial charge on any atom is 0.220 e. The van der Waals surface area contributed by atoms with Crippen molar-refractivity contribution in [2.24, 2.45) is 0 Å². The van der Waals surface area contributed by atoms with Crippen molar-refractivity contribution in [2.45, 2.75) is 63.9 Å². The lowest BCUT2D eigenvalue weighted by Gasteiger charge is -2.40. The molecule has 0 aromatic rings. The van der Waals surface area contributed by atoms with Crippen LogP contribution in [0.15, 0.2) is 0 Å². The molecular formula is C12H25NO3Si. The maximum absolute atomic E-state index is 11.2. The van der Waals surface area contributed by atoms with Gasteiger partial charge >= 0.3 is 0 Å². The summed E-state index contributed by atoms with van der Waals surface area (Å²) >= 11 is 0. The molecule has 0 saturated carbocycles. The first-order chi connectivity index (χ1) is 7.67. The number of aliphatic hydroxyl groups is 1. The van der Waals surface area contributed by atoms with Gasteiger partial charge in [0.05, 0.1) is 18.8 Å². The van der Waals surface area contributed by atoms with Gasteiger partial charge in [-0.3, -0.25) is 4.79 Å². The Balaban J connectivity index is 2.67. The van der Waals surface area contributed by atoms with Gasteiger partial charge in [0.25, 0.3) is 0 Å². The van der Waals surface area contributed by atoms with E-state index in [2.05, 4.69) is 39.2 Å². The number of aliphatic hydroxyl groups excluding tert-OH is 1. The zero-order valence-corrected chi connectivity index (χ0v) is 12.5. The molecule has 1 amide bonds. The van der Waals surface area contributed by atoms with Gasteiger partial charge in [-0.1, -0.05) is 20.8 Å². The average molecular weight is 259 g/mol. The zero-order chi connectivity index (χ0) is 13.3. The number of rotatable bonds is 4. The summed E-state index contributed by atoms with van der Waals surface area (Å²) in [5, 5.41) is 12.4. The van der Waals surface area contributed by atoms with E-state index >= 15 is 0 Å². The normalized spacial score (nSPS) is 23.6. The Morgan fingerprint density at radius 2 is 2.12 bits per heavy atom. The lowest BCUT2D eigenvalue weighted by molar-refractivity contribution is -0.119. The van der Waals surface area contributed by atoms with Crippen LogP contribution in [-0.2, 0) is 9.22 Å². The number of amides is 1. The molecule has 0 spiro atoms. The van der Waals surface area contributed by atoms with E-state index in [0.717, 1.165) is 6.42 Å². The van der Waals surface area contributed by atoms with E-state index < -0.39 is 8.32 Å². The van der Waals surface area contributed by atoms with Gasteiger partial charge in [-0.25, -0.2) is 0 Å². The van der Waals surface area contributed by atoms with E-state index in [-0.39, 0.29) is 29.7 Å². The fourth-order valence-electron chi connectivity index (χ4n) is 1.72. The third-order valence-corrected chi connectivity index (χ3v) is 8.41. The second-order valence-corrected chi connectivity index (χ2v) is 11.1. The maximum atomic E-state index is 11.2. The molecule has 5 heteroatoms. The highest BCUT2D eigenvalue weighted by Gasteiger charge is 2.41. The van der Waals surface area contributed by atoms with Gasteiger partial charge in [0, 0.05) is 6.42 Å². The van der Waals surface area contributed by atoms with Crippen LogP contribution in [-0.4, -0.2) is 38.1 Å². The number of nitrogens with one attached hydrogen (secondary N) is 1. The Bertz CT molecular complexity index is 286. The highest BCUT2D eigenvalue weighted by molar-refractivity contribution is 6.74. The van der Waals surface area contributed by atoms with Crippen LogP contribution in [0.1, 0.15) is 33.6 Å². The Hall–Kier alpha value is -0.393. The second-order valence-electron chi connectivity index (χ2n) is 6.31. The molecule has 0 unspecified atom stereocenters. The topological polar surface area (TPSA) is 58.6 Å².